The predicted octanol–water partition coefficient (Wildman–Crippen LogP) is 4.36. The number of halogens is 6. The molecule has 0 atom stereocenters. The van der Waals surface area contributed by atoms with Gasteiger partial charge in [0.05, 0.1) is 15.9 Å². The zero-order valence-electron chi connectivity index (χ0n) is 12.8. The number of alkyl halides is 6. The molecule has 4 rings (SSSR count). The molecule has 0 radical (unpaired) electrons. The molecule has 0 fully saturated rings. The number of aromatic nitrogens is 4. The molecule has 5 nitrogen and oxygen atoms in total. The number of H-pyrrole nitrogens is 1. The first-order valence-electron chi connectivity index (χ1n) is 7.21. The Bertz CT molecular complexity index is 1230. The fraction of sp³-hybridized carbons (Fsp3) is 0.133. The van der Waals surface area contributed by atoms with Crippen molar-refractivity contribution in [3.63, 3.8) is 0 Å². The second-order valence-electron chi connectivity index (χ2n) is 5.50. The van der Waals surface area contributed by atoms with Crippen molar-refractivity contribution in [2.45, 2.75) is 12.4 Å². The van der Waals surface area contributed by atoms with Crippen LogP contribution in [0.3, 0.4) is 0 Å². The van der Waals surface area contributed by atoms with Gasteiger partial charge in [-0.05, 0) is 30.3 Å². The number of fused-ring (bicyclic) bond motifs is 2. The number of aromatic amines is 1. The van der Waals surface area contributed by atoms with E-state index in [0.29, 0.717) is 20.9 Å². The number of pyridine rings is 1. The monoisotopic (exact) mass is 404 g/mol. The highest BCUT2D eigenvalue weighted by Gasteiger charge is 2.39. The van der Waals surface area contributed by atoms with Crippen molar-refractivity contribution in [3.8, 4) is 5.69 Å². The fourth-order valence-corrected chi connectivity index (χ4v) is 3.39. The lowest BCUT2D eigenvalue weighted by Crippen LogP contribution is -2.14. The Morgan fingerprint density at radius 2 is 1.70 bits per heavy atom. The van der Waals surface area contributed by atoms with E-state index in [2.05, 4.69) is 15.0 Å². The van der Waals surface area contributed by atoms with Gasteiger partial charge in [-0.1, -0.05) is 11.3 Å². The second kappa shape index (κ2) is 5.55. The van der Waals surface area contributed by atoms with Crippen LogP contribution in [0.5, 0.6) is 0 Å². The van der Waals surface area contributed by atoms with Crippen molar-refractivity contribution in [1.82, 2.24) is 19.5 Å². The van der Waals surface area contributed by atoms with E-state index in [9.17, 15) is 31.1 Å². The quantitative estimate of drug-likeness (QED) is 0.480. The van der Waals surface area contributed by atoms with Gasteiger partial charge in [-0.2, -0.15) is 26.3 Å². The number of benzene rings is 1. The highest BCUT2D eigenvalue weighted by atomic mass is 32.1. The number of hydrogen-bond donors (Lipinski definition) is 1. The maximum Gasteiger partial charge on any atom is 0.450 e. The van der Waals surface area contributed by atoms with Crippen molar-refractivity contribution in [1.29, 1.82) is 0 Å². The van der Waals surface area contributed by atoms with Crippen molar-refractivity contribution >= 4 is 32.7 Å². The Kier molecular flexibility index (Phi) is 3.60. The number of imidazole rings is 1. The molecule has 0 spiro atoms. The average molecular weight is 404 g/mol. The minimum absolute atomic E-state index is 0.112. The highest BCUT2D eigenvalue weighted by Crippen LogP contribution is 2.35. The summed E-state index contributed by atoms with van der Waals surface area (Å²) < 4.78 is 80.0. The van der Waals surface area contributed by atoms with Crippen LogP contribution in [0, 0.1) is 0 Å². The Balaban J connectivity index is 2.06. The van der Waals surface area contributed by atoms with Crippen molar-refractivity contribution in [2.75, 3.05) is 0 Å². The van der Waals surface area contributed by atoms with Crippen LogP contribution in [-0.4, -0.2) is 19.5 Å². The Morgan fingerprint density at radius 3 is 2.37 bits per heavy atom. The van der Waals surface area contributed by atoms with Gasteiger partial charge in [-0.3, -0.25) is 9.36 Å². The molecule has 0 aliphatic carbocycles. The van der Waals surface area contributed by atoms with Crippen molar-refractivity contribution in [2.24, 2.45) is 0 Å². The van der Waals surface area contributed by atoms with E-state index >= 15 is 0 Å². The van der Waals surface area contributed by atoms with E-state index in [-0.39, 0.29) is 11.2 Å². The second-order valence-corrected chi connectivity index (χ2v) is 6.52. The number of nitrogens with one attached hydrogen (secondary N) is 1. The SMILES string of the molecule is O=c1[nH]c2ccc(-n3c(C(F)(F)F)nc4ccc(C(F)(F)F)nc43)cc2s1. The molecule has 0 amide bonds. The van der Waals surface area contributed by atoms with Crippen molar-refractivity contribution in [3.05, 3.63) is 51.5 Å². The molecule has 0 bridgehead atoms. The summed E-state index contributed by atoms with van der Waals surface area (Å²) in [5.41, 5.74) is -1.97. The third-order valence-electron chi connectivity index (χ3n) is 3.71. The molecule has 0 saturated carbocycles. The summed E-state index contributed by atoms with van der Waals surface area (Å²) in [6.45, 7) is 0. The molecular weight excluding hydrogens is 398 g/mol. The molecule has 0 aliphatic heterocycles. The van der Waals surface area contributed by atoms with Crippen LogP contribution in [0.2, 0.25) is 0 Å². The van der Waals surface area contributed by atoms with Crippen LogP contribution in [0.1, 0.15) is 11.5 Å². The van der Waals surface area contributed by atoms with E-state index in [4.69, 9.17) is 0 Å². The zero-order chi connectivity index (χ0) is 19.6. The van der Waals surface area contributed by atoms with Crippen LogP contribution < -0.4 is 4.87 Å². The molecule has 4 aromatic rings. The minimum Gasteiger partial charge on any atom is -0.312 e. The van der Waals surface area contributed by atoms with Gasteiger partial charge in [0.2, 0.25) is 5.82 Å². The van der Waals surface area contributed by atoms with Crippen LogP contribution >= 0.6 is 11.3 Å². The summed E-state index contributed by atoms with van der Waals surface area (Å²) in [4.78, 5) is 20.3. The van der Waals surface area contributed by atoms with Gasteiger partial charge >= 0.3 is 17.2 Å². The number of hydrogen-bond acceptors (Lipinski definition) is 4. The average Bonchev–Trinajstić information content (AvgIpc) is 3.11. The normalized spacial score (nSPS) is 13.0. The number of nitrogens with zero attached hydrogens (tertiary/aromatic N) is 3. The van der Waals surface area contributed by atoms with Gasteiger partial charge in [0.15, 0.2) is 5.65 Å². The predicted molar refractivity (Wildman–Crippen MR) is 84.9 cm³/mol. The van der Waals surface area contributed by atoms with Gasteiger partial charge in [-0.15, -0.1) is 0 Å². The lowest BCUT2D eigenvalue weighted by atomic mass is 10.3. The summed E-state index contributed by atoms with van der Waals surface area (Å²) in [5, 5.41) is 0. The number of rotatable bonds is 1. The van der Waals surface area contributed by atoms with Crippen LogP contribution in [0.15, 0.2) is 35.1 Å². The van der Waals surface area contributed by atoms with Gasteiger partial charge in [0.1, 0.15) is 11.2 Å². The van der Waals surface area contributed by atoms with E-state index in [1.807, 2.05) is 0 Å². The third kappa shape index (κ3) is 2.95. The van der Waals surface area contributed by atoms with Gasteiger partial charge in [0.25, 0.3) is 0 Å². The molecule has 0 aliphatic rings. The number of thiazole rings is 1. The molecular formula is C15H6F6N4OS. The lowest BCUT2D eigenvalue weighted by Gasteiger charge is -2.12. The molecule has 3 aromatic heterocycles. The molecule has 1 N–H and O–H groups in total. The summed E-state index contributed by atoms with van der Waals surface area (Å²) in [6.07, 6.45) is -9.76. The van der Waals surface area contributed by atoms with Crippen molar-refractivity contribution < 1.29 is 26.3 Å². The van der Waals surface area contributed by atoms with E-state index in [1.54, 1.807) is 0 Å². The summed E-state index contributed by atoms with van der Waals surface area (Å²) in [6, 6.07) is 5.27. The minimum atomic E-state index is -4.93. The Labute approximate surface area is 148 Å². The van der Waals surface area contributed by atoms with Crippen LogP contribution in [0.25, 0.3) is 27.1 Å². The molecule has 140 valence electrons. The fourth-order valence-electron chi connectivity index (χ4n) is 2.62. The van der Waals surface area contributed by atoms with Crippen LogP contribution in [-0.2, 0) is 12.4 Å². The first-order valence-corrected chi connectivity index (χ1v) is 8.03. The topological polar surface area (TPSA) is 63.6 Å². The Hall–Kier alpha value is -2.89. The summed E-state index contributed by atoms with van der Waals surface area (Å²) in [7, 11) is 0. The van der Waals surface area contributed by atoms with Crippen LogP contribution in [0.4, 0.5) is 26.3 Å². The smallest absolute Gasteiger partial charge is 0.312 e. The molecule has 0 unspecified atom stereocenters. The molecule has 27 heavy (non-hydrogen) atoms. The van der Waals surface area contributed by atoms with E-state index in [1.165, 1.54) is 18.2 Å². The standard InChI is InChI=1S/C15H6F6N4OS/c16-14(17,18)10-4-3-8-11(24-10)25(12(22-8)15(19,20)21)6-1-2-7-9(5-6)27-13(26)23-7/h1-5H,(H,23,26). The first kappa shape index (κ1) is 17.5. The van der Waals surface area contributed by atoms with Gasteiger partial charge in [0, 0.05) is 0 Å². The van der Waals surface area contributed by atoms with Gasteiger partial charge in [-0.25, -0.2) is 9.97 Å². The van der Waals surface area contributed by atoms with Gasteiger partial charge < -0.3 is 4.98 Å². The maximum absolute atomic E-state index is 13.4. The molecule has 3 heterocycles. The summed E-state index contributed by atoms with van der Waals surface area (Å²) in [5.74, 6) is -1.41. The zero-order valence-corrected chi connectivity index (χ0v) is 13.6. The van der Waals surface area contributed by atoms with E-state index in [0.717, 1.165) is 17.4 Å². The molecule has 1 aromatic carbocycles. The maximum atomic E-state index is 13.4. The lowest BCUT2D eigenvalue weighted by molar-refractivity contribution is -0.145. The third-order valence-corrected chi connectivity index (χ3v) is 4.56. The summed E-state index contributed by atoms with van der Waals surface area (Å²) >= 11 is 0.763. The first-order chi connectivity index (χ1) is 12.5. The highest BCUT2D eigenvalue weighted by molar-refractivity contribution is 7.16. The molecule has 0 saturated heterocycles. The Morgan fingerprint density at radius 1 is 0.963 bits per heavy atom. The molecule has 12 heteroatoms. The van der Waals surface area contributed by atoms with E-state index < -0.39 is 34.4 Å². The largest absolute Gasteiger partial charge is 0.450 e.